The topological polar surface area (TPSA) is 49.8 Å². The quantitative estimate of drug-likeness (QED) is 0.908. The van der Waals surface area contributed by atoms with Gasteiger partial charge in [-0.3, -0.25) is 4.79 Å². The number of aliphatic hydroxyl groups is 1. The number of likely N-dealkylation sites (tertiary alicyclic amines) is 1. The van der Waals surface area contributed by atoms with Crippen LogP contribution in [-0.4, -0.2) is 35.7 Å². The van der Waals surface area contributed by atoms with E-state index in [2.05, 4.69) is 0 Å². The van der Waals surface area contributed by atoms with Crippen LogP contribution in [0, 0.1) is 5.82 Å². The third-order valence-corrected chi connectivity index (χ3v) is 4.51. The first-order valence-corrected chi connectivity index (χ1v) is 8.36. The van der Waals surface area contributed by atoms with Crippen LogP contribution in [0.15, 0.2) is 48.5 Å². The fraction of sp³-hybridized carbons (Fsp3) is 0.350. The molecule has 1 saturated heterocycles. The van der Waals surface area contributed by atoms with E-state index in [1.165, 1.54) is 12.1 Å². The molecule has 2 aromatic carbocycles. The zero-order valence-corrected chi connectivity index (χ0v) is 14.2. The summed E-state index contributed by atoms with van der Waals surface area (Å²) in [5, 5.41) is 10.0. The number of hydrogen-bond donors (Lipinski definition) is 1. The molecule has 132 valence electrons. The van der Waals surface area contributed by atoms with Crippen LogP contribution in [-0.2, 0) is 22.6 Å². The number of methoxy groups -OCH3 is 1. The molecule has 5 heteroatoms. The Balaban J connectivity index is 1.75. The maximum atomic E-state index is 13.2. The highest BCUT2D eigenvalue weighted by molar-refractivity contribution is 5.79. The van der Waals surface area contributed by atoms with Gasteiger partial charge in [-0.1, -0.05) is 36.4 Å². The molecule has 3 rings (SSSR count). The standard InChI is InChI=1S/C20H22FNO3/c1-25-13-15-4-2-3-14(9-15)10-20(24)22-12-18(23)11-19(22)16-5-7-17(21)8-6-16/h2-9,18-19,23H,10-13H2,1H3/t18-,19+/m0/s1. The van der Waals surface area contributed by atoms with Gasteiger partial charge in [-0.05, 0) is 35.2 Å². The Kier molecular flexibility index (Phi) is 5.46. The van der Waals surface area contributed by atoms with E-state index in [1.54, 1.807) is 24.1 Å². The average molecular weight is 343 g/mol. The summed E-state index contributed by atoms with van der Waals surface area (Å²) in [6.45, 7) is 0.807. The molecule has 0 unspecified atom stereocenters. The maximum Gasteiger partial charge on any atom is 0.227 e. The summed E-state index contributed by atoms with van der Waals surface area (Å²) in [5.74, 6) is -0.351. The van der Waals surface area contributed by atoms with Crippen molar-refractivity contribution in [3.05, 3.63) is 71.0 Å². The fourth-order valence-electron chi connectivity index (χ4n) is 3.36. The molecule has 1 heterocycles. The van der Waals surface area contributed by atoms with E-state index in [9.17, 15) is 14.3 Å². The summed E-state index contributed by atoms with van der Waals surface area (Å²) in [5.41, 5.74) is 2.78. The number of rotatable bonds is 5. The first-order chi connectivity index (χ1) is 12.1. The summed E-state index contributed by atoms with van der Waals surface area (Å²) in [6.07, 6.45) is 0.183. The molecule has 0 aliphatic carbocycles. The number of nitrogens with zero attached hydrogens (tertiary/aromatic N) is 1. The van der Waals surface area contributed by atoms with Crippen LogP contribution in [0.25, 0.3) is 0 Å². The van der Waals surface area contributed by atoms with Crippen molar-refractivity contribution in [1.29, 1.82) is 0 Å². The zero-order valence-electron chi connectivity index (χ0n) is 14.2. The van der Waals surface area contributed by atoms with Gasteiger partial charge in [0.1, 0.15) is 5.82 Å². The van der Waals surface area contributed by atoms with Crippen LogP contribution in [0.1, 0.15) is 29.2 Å². The fourth-order valence-corrected chi connectivity index (χ4v) is 3.36. The predicted octanol–water partition coefficient (Wildman–Crippen LogP) is 2.85. The number of carbonyl (C=O) groups is 1. The van der Waals surface area contributed by atoms with Crippen molar-refractivity contribution in [3.8, 4) is 0 Å². The largest absolute Gasteiger partial charge is 0.391 e. The minimum absolute atomic E-state index is 0.0413. The minimum Gasteiger partial charge on any atom is -0.391 e. The normalized spacial score (nSPS) is 20.0. The number of ether oxygens (including phenoxy) is 1. The first kappa shape index (κ1) is 17.6. The molecule has 1 aliphatic heterocycles. The van der Waals surface area contributed by atoms with Gasteiger partial charge in [0.05, 0.1) is 25.2 Å². The summed E-state index contributed by atoms with van der Waals surface area (Å²) in [7, 11) is 1.64. The van der Waals surface area contributed by atoms with Crippen molar-refractivity contribution in [2.45, 2.75) is 31.6 Å². The summed E-state index contributed by atoms with van der Waals surface area (Å²) < 4.78 is 18.3. The molecular formula is C20H22FNO3. The van der Waals surface area contributed by atoms with Gasteiger partial charge in [-0.25, -0.2) is 4.39 Å². The van der Waals surface area contributed by atoms with Gasteiger partial charge in [0.15, 0.2) is 0 Å². The van der Waals surface area contributed by atoms with Crippen molar-refractivity contribution in [2.75, 3.05) is 13.7 Å². The zero-order chi connectivity index (χ0) is 17.8. The van der Waals surface area contributed by atoms with E-state index in [0.717, 1.165) is 16.7 Å². The van der Waals surface area contributed by atoms with Crippen molar-refractivity contribution >= 4 is 5.91 Å². The molecule has 1 amide bonds. The van der Waals surface area contributed by atoms with E-state index in [0.29, 0.717) is 19.6 Å². The van der Waals surface area contributed by atoms with Crippen LogP contribution in [0.2, 0.25) is 0 Å². The lowest BCUT2D eigenvalue weighted by molar-refractivity contribution is -0.131. The summed E-state index contributed by atoms with van der Waals surface area (Å²) in [6, 6.07) is 13.6. The lowest BCUT2D eigenvalue weighted by Gasteiger charge is -2.25. The third-order valence-electron chi connectivity index (χ3n) is 4.51. The third kappa shape index (κ3) is 4.24. The highest BCUT2D eigenvalue weighted by Gasteiger charge is 2.35. The van der Waals surface area contributed by atoms with Crippen molar-refractivity contribution in [3.63, 3.8) is 0 Å². The second-order valence-corrected chi connectivity index (χ2v) is 6.43. The molecule has 1 N–H and O–H groups in total. The second-order valence-electron chi connectivity index (χ2n) is 6.43. The highest BCUT2D eigenvalue weighted by Crippen LogP contribution is 2.32. The van der Waals surface area contributed by atoms with E-state index < -0.39 is 6.10 Å². The molecule has 0 bridgehead atoms. The van der Waals surface area contributed by atoms with E-state index in [-0.39, 0.29) is 24.2 Å². The number of amides is 1. The summed E-state index contributed by atoms with van der Waals surface area (Å²) in [4.78, 5) is 14.5. The van der Waals surface area contributed by atoms with Crippen LogP contribution >= 0.6 is 0 Å². The van der Waals surface area contributed by atoms with Crippen LogP contribution < -0.4 is 0 Å². The van der Waals surface area contributed by atoms with Gasteiger partial charge in [-0.15, -0.1) is 0 Å². The average Bonchev–Trinajstić information content (AvgIpc) is 2.98. The van der Waals surface area contributed by atoms with Crippen LogP contribution in [0.4, 0.5) is 4.39 Å². The number of halogens is 1. The molecule has 1 aliphatic rings. The van der Waals surface area contributed by atoms with Crippen LogP contribution in [0.5, 0.6) is 0 Å². The Labute approximate surface area is 146 Å². The lowest BCUT2D eigenvalue weighted by atomic mass is 10.0. The second kappa shape index (κ2) is 7.76. The van der Waals surface area contributed by atoms with Crippen molar-refractivity contribution in [1.82, 2.24) is 4.90 Å². The number of benzene rings is 2. The van der Waals surface area contributed by atoms with Gasteiger partial charge in [0.2, 0.25) is 5.91 Å². The molecule has 0 spiro atoms. The Morgan fingerprint density at radius 1 is 1.24 bits per heavy atom. The van der Waals surface area contributed by atoms with Crippen LogP contribution in [0.3, 0.4) is 0 Å². The van der Waals surface area contributed by atoms with Crippen molar-refractivity contribution in [2.24, 2.45) is 0 Å². The molecule has 0 saturated carbocycles. The molecule has 25 heavy (non-hydrogen) atoms. The molecule has 0 radical (unpaired) electrons. The minimum atomic E-state index is -0.557. The molecule has 0 aromatic heterocycles. The Morgan fingerprint density at radius 2 is 1.96 bits per heavy atom. The van der Waals surface area contributed by atoms with Gasteiger partial charge in [0.25, 0.3) is 0 Å². The first-order valence-electron chi connectivity index (χ1n) is 8.36. The van der Waals surface area contributed by atoms with Gasteiger partial charge < -0.3 is 14.7 Å². The number of hydrogen-bond acceptors (Lipinski definition) is 3. The Bertz CT molecular complexity index is 732. The SMILES string of the molecule is COCc1cccc(CC(=O)N2C[C@@H](O)C[C@@H]2c2ccc(F)cc2)c1. The Hall–Kier alpha value is -2.24. The van der Waals surface area contributed by atoms with E-state index in [4.69, 9.17) is 4.74 Å². The number of aliphatic hydroxyl groups excluding tert-OH is 1. The molecule has 1 fully saturated rings. The smallest absolute Gasteiger partial charge is 0.227 e. The van der Waals surface area contributed by atoms with Gasteiger partial charge in [0, 0.05) is 13.7 Å². The number of β-amino-alcohol motifs (C(OH)–C–C–N with tert-alkyl or cyclic N) is 1. The molecule has 4 nitrogen and oxygen atoms in total. The summed E-state index contributed by atoms with van der Waals surface area (Å²) >= 11 is 0. The Morgan fingerprint density at radius 3 is 2.68 bits per heavy atom. The van der Waals surface area contributed by atoms with Gasteiger partial charge in [-0.2, -0.15) is 0 Å². The maximum absolute atomic E-state index is 13.2. The monoisotopic (exact) mass is 343 g/mol. The van der Waals surface area contributed by atoms with E-state index >= 15 is 0 Å². The van der Waals surface area contributed by atoms with E-state index in [1.807, 2.05) is 24.3 Å². The highest BCUT2D eigenvalue weighted by atomic mass is 19.1. The molecular weight excluding hydrogens is 321 g/mol. The lowest BCUT2D eigenvalue weighted by Crippen LogP contribution is -2.33. The number of carbonyl (C=O) groups excluding carboxylic acids is 1. The van der Waals surface area contributed by atoms with Gasteiger partial charge >= 0.3 is 0 Å². The predicted molar refractivity (Wildman–Crippen MR) is 92.3 cm³/mol. The van der Waals surface area contributed by atoms with Crippen molar-refractivity contribution < 1.29 is 19.0 Å². The molecule has 2 aromatic rings. The molecule has 2 atom stereocenters.